The Morgan fingerprint density at radius 1 is 1.21 bits per heavy atom. The predicted octanol–water partition coefficient (Wildman–Crippen LogP) is 4.94. The number of amides is 1. The number of methoxy groups -OCH3 is 1. The molecule has 0 bridgehead atoms. The number of rotatable bonds is 11. The number of hydrogen-bond acceptors (Lipinski definition) is 6. The fourth-order valence-electron chi connectivity index (χ4n) is 4.44. The van der Waals surface area contributed by atoms with Crippen LogP contribution in [0.15, 0.2) is 53.8 Å². The third-order valence-corrected chi connectivity index (χ3v) is 8.57. The SMILES string of the molecule is COCCn1c(CN(CC2CCCO2)C(=O)c2ccc(Cl)cc2Cl)cnc1S(=O)(=O)Cc1ccc(C)cc1. The summed E-state index contributed by atoms with van der Waals surface area (Å²) in [5.41, 5.74) is 2.60. The average Bonchev–Trinajstić information content (AvgIpc) is 3.53. The van der Waals surface area contributed by atoms with Crippen LogP contribution in [0.5, 0.6) is 0 Å². The van der Waals surface area contributed by atoms with Crippen molar-refractivity contribution in [1.82, 2.24) is 14.5 Å². The van der Waals surface area contributed by atoms with Crippen molar-refractivity contribution in [3.8, 4) is 0 Å². The molecule has 2 aromatic carbocycles. The van der Waals surface area contributed by atoms with Gasteiger partial charge in [0.25, 0.3) is 5.91 Å². The van der Waals surface area contributed by atoms with E-state index in [1.807, 2.05) is 19.1 Å². The summed E-state index contributed by atoms with van der Waals surface area (Å²) >= 11 is 12.4. The molecule has 8 nitrogen and oxygen atoms in total. The second kappa shape index (κ2) is 12.6. The van der Waals surface area contributed by atoms with E-state index in [1.165, 1.54) is 12.3 Å². The third kappa shape index (κ3) is 6.95. The van der Waals surface area contributed by atoms with Crippen LogP contribution in [0.2, 0.25) is 10.0 Å². The first-order valence-electron chi connectivity index (χ1n) is 12.4. The van der Waals surface area contributed by atoms with Crippen molar-refractivity contribution in [3.63, 3.8) is 0 Å². The highest BCUT2D eigenvalue weighted by molar-refractivity contribution is 7.90. The first kappa shape index (κ1) is 28.6. The molecule has 3 aromatic rings. The van der Waals surface area contributed by atoms with Gasteiger partial charge in [-0.05, 0) is 43.5 Å². The smallest absolute Gasteiger partial charge is 0.255 e. The normalized spacial score (nSPS) is 15.6. The molecular weight excluding hydrogens is 549 g/mol. The lowest BCUT2D eigenvalue weighted by molar-refractivity contribution is 0.0500. The zero-order valence-corrected chi connectivity index (χ0v) is 23.7. The van der Waals surface area contributed by atoms with Crippen LogP contribution in [0.25, 0.3) is 0 Å². The molecule has 11 heteroatoms. The molecule has 204 valence electrons. The van der Waals surface area contributed by atoms with Crippen molar-refractivity contribution < 1.29 is 22.7 Å². The number of imidazole rings is 1. The average molecular weight is 581 g/mol. The summed E-state index contributed by atoms with van der Waals surface area (Å²) in [5, 5.41) is 0.617. The van der Waals surface area contributed by atoms with Crippen molar-refractivity contribution in [3.05, 3.63) is 81.1 Å². The molecule has 1 fully saturated rings. The quantitative estimate of drug-likeness (QED) is 0.319. The van der Waals surface area contributed by atoms with Crippen molar-refractivity contribution in [2.24, 2.45) is 0 Å². The number of carbonyl (C=O) groups is 1. The molecule has 1 aromatic heterocycles. The summed E-state index contributed by atoms with van der Waals surface area (Å²) in [6.07, 6.45) is 3.14. The van der Waals surface area contributed by atoms with E-state index in [0.717, 1.165) is 18.4 Å². The monoisotopic (exact) mass is 579 g/mol. The Hall–Kier alpha value is -2.43. The first-order chi connectivity index (χ1) is 18.2. The third-order valence-electron chi connectivity index (χ3n) is 6.43. The second-order valence-corrected chi connectivity index (χ2v) is 12.1. The summed E-state index contributed by atoms with van der Waals surface area (Å²) in [5.74, 6) is -0.485. The molecule has 4 rings (SSSR count). The fraction of sp³-hybridized carbons (Fsp3) is 0.407. The lowest BCUT2D eigenvalue weighted by Crippen LogP contribution is -2.37. The number of aromatic nitrogens is 2. The maximum atomic E-state index is 13.6. The molecule has 1 aliphatic heterocycles. The minimum absolute atomic E-state index is 0.0563. The molecule has 1 amide bonds. The van der Waals surface area contributed by atoms with Gasteiger partial charge in [0.15, 0.2) is 0 Å². The highest BCUT2D eigenvalue weighted by Crippen LogP contribution is 2.25. The van der Waals surface area contributed by atoms with E-state index in [1.54, 1.807) is 40.8 Å². The lowest BCUT2D eigenvalue weighted by atomic mass is 10.1. The van der Waals surface area contributed by atoms with Crippen LogP contribution < -0.4 is 0 Å². The van der Waals surface area contributed by atoms with Crippen LogP contribution >= 0.6 is 23.2 Å². The van der Waals surface area contributed by atoms with Crippen molar-refractivity contribution in [2.75, 3.05) is 26.9 Å². The topological polar surface area (TPSA) is 90.7 Å². The number of aryl methyl sites for hydroxylation is 1. The number of ether oxygens (including phenoxy) is 2. The van der Waals surface area contributed by atoms with Gasteiger partial charge in [0, 0.05) is 31.8 Å². The summed E-state index contributed by atoms with van der Waals surface area (Å²) in [4.78, 5) is 19.6. The minimum Gasteiger partial charge on any atom is -0.383 e. The molecule has 1 saturated heterocycles. The number of sulfone groups is 1. The first-order valence-corrected chi connectivity index (χ1v) is 14.8. The molecule has 0 spiro atoms. The lowest BCUT2D eigenvalue weighted by Gasteiger charge is -2.26. The van der Waals surface area contributed by atoms with Crippen molar-refractivity contribution in [2.45, 2.75) is 49.9 Å². The van der Waals surface area contributed by atoms with Gasteiger partial charge in [0.1, 0.15) is 0 Å². The maximum Gasteiger partial charge on any atom is 0.255 e. The molecule has 0 saturated carbocycles. The highest BCUT2D eigenvalue weighted by Gasteiger charge is 2.29. The Labute approximate surface area is 233 Å². The molecule has 0 radical (unpaired) electrons. The van der Waals surface area contributed by atoms with E-state index < -0.39 is 9.84 Å². The number of benzene rings is 2. The standard InChI is InChI=1S/C27H31Cl2N3O5S/c1-19-5-7-20(8-6-19)18-38(34,35)27-30-15-22(32(27)11-13-36-2)16-31(17-23-4-3-12-37-23)26(33)24-10-9-21(28)14-25(24)29/h5-10,14-15,23H,3-4,11-13,16-18H2,1-2H3. The van der Waals surface area contributed by atoms with Gasteiger partial charge < -0.3 is 18.9 Å². The number of carbonyl (C=O) groups excluding carboxylic acids is 1. The summed E-state index contributed by atoms with van der Waals surface area (Å²) in [6, 6.07) is 12.1. The minimum atomic E-state index is -3.78. The van der Waals surface area contributed by atoms with Gasteiger partial charge in [-0.15, -0.1) is 0 Å². The Kier molecular flexibility index (Phi) is 9.49. The fourth-order valence-corrected chi connectivity index (χ4v) is 6.45. The number of halogens is 2. The van der Waals surface area contributed by atoms with Gasteiger partial charge >= 0.3 is 0 Å². The Balaban J connectivity index is 1.66. The van der Waals surface area contributed by atoms with Gasteiger partial charge in [-0.1, -0.05) is 53.0 Å². The van der Waals surface area contributed by atoms with E-state index in [9.17, 15) is 13.2 Å². The van der Waals surface area contributed by atoms with Gasteiger partial charge in [-0.25, -0.2) is 13.4 Å². The highest BCUT2D eigenvalue weighted by atomic mass is 35.5. The molecule has 2 heterocycles. The largest absolute Gasteiger partial charge is 0.383 e. The maximum absolute atomic E-state index is 13.6. The summed E-state index contributed by atoms with van der Waals surface area (Å²) in [7, 11) is -2.23. The van der Waals surface area contributed by atoms with Crippen LogP contribution in [-0.4, -0.2) is 61.7 Å². The zero-order valence-electron chi connectivity index (χ0n) is 21.4. The van der Waals surface area contributed by atoms with Crippen molar-refractivity contribution >= 4 is 38.9 Å². The van der Waals surface area contributed by atoms with E-state index in [2.05, 4.69) is 4.98 Å². The summed E-state index contributed by atoms with van der Waals surface area (Å²) in [6.45, 7) is 3.58. The van der Waals surface area contributed by atoms with Crippen LogP contribution in [-0.2, 0) is 38.2 Å². The Morgan fingerprint density at radius 3 is 2.63 bits per heavy atom. The van der Waals surface area contributed by atoms with Crippen LogP contribution in [0.1, 0.15) is 40.0 Å². The molecule has 38 heavy (non-hydrogen) atoms. The zero-order chi connectivity index (χ0) is 27.3. The second-order valence-electron chi connectivity index (χ2n) is 9.37. The van der Waals surface area contributed by atoms with Crippen LogP contribution in [0.4, 0.5) is 0 Å². The summed E-state index contributed by atoms with van der Waals surface area (Å²) < 4.78 is 39.5. The molecule has 1 atom stereocenters. The van der Waals surface area contributed by atoms with E-state index in [4.69, 9.17) is 32.7 Å². The van der Waals surface area contributed by atoms with Gasteiger partial charge in [-0.2, -0.15) is 0 Å². The van der Waals surface area contributed by atoms with E-state index in [0.29, 0.717) is 35.0 Å². The Bertz CT molecular complexity index is 1370. The van der Waals surface area contributed by atoms with Gasteiger partial charge in [0.2, 0.25) is 15.0 Å². The predicted molar refractivity (Wildman–Crippen MR) is 146 cm³/mol. The number of hydrogen-bond donors (Lipinski definition) is 0. The molecular formula is C27H31Cl2N3O5S. The molecule has 0 N–H and O–H groups in total. The van der Waals surface area contributed by atoms with Gasteiger partial charge in [0.05, 0.1) is 47.5 Å². The van der Waals surface area contributed by atoms with Gasteiger partial charge in [-0.3, -0.25) is 4.79 Å². The molecule has 0 aliphatic carbocycles. The Morgan fingerprint density at radius 2 is 1.97 bits per heavy atom. The van der Waals surface area contributed by atoms with Crippen LogP contribution in [0, 0.1) is 6.92 Å². The van der Waals surface area contributed by atoms with E-state index >= 15 is 0 Å². The molecule has 1 aliphatic rings. The van der Waals surface area contributed by atoms with Crippen molar-refractivity contribution in [1.29, 1.82) is 0 Å². The molecule has 1 unspecified atom stereocenters. The van der Waals surface area contributed by atoms with Crippen LogP contribution in [0.3, 0.4) is 0 Å². The number of nitrogens with zero attached hydrogens (tertiary/aromatic N) is 3. The van der Waals surface area contributed by atoms with E-state index in [-0.39, 0.29) is 47.6 Å².